The first-order valence-corrected chi connectivity index (χ1v) is 10.4. The molecule has 4 aromatic heterocycles. The lowest BCUT2D eigenvalue weighted by Crippen LogP contribution is -2.00. The molecule has 0 N–H and O–H groups in total. The van der Waals surface area contributed by atoms with E-state index in [1.54, 1.807) is 6.20 Å². The summed E-state index contributed by atoms with van der Waals surface area (Å²) in [5.41, 5.74) is 6.88. The first kappa shape index (κ1) is 18.1. The van der Waals surface area contributed by atoms with Crippen molar-refractivity contribution in [3.8, 4) is 11.1 Å². The molecule has 0 bridgehead atoms. The lowest BCUT2D eigenvalue weighted by Gasteiger charge is -2.09. The minimum atomic E-state index is 0.699. The van der Waals surface area contributed by atoms with E-state index in [0.717, 1.165) is 27.8 Å². The Morgan fingerprint density at radius 3 is 2.72 bits per heavy atom. The molecule has 1 aromatic carbocycles. The standard InChI is InChI=1S/C23H20BrN5/c1-3-29-22-15(2)26-8-6-19(22)21-10-18(24)9-20(23(21)29)17-12-27-28(14-17)13-16-5-4-7-25-11-16/h4-12,14H,3,13H2,1-2H3. The number of benzene rings is 1. The second kappa shape index (κ2) is 7.12. The van der Waals surface area contributed by atoms with Crippen molar-refractivity contribution in [1.82, 2.24) is 24.3 Å². The molecule has 0 fully saturated rings. The quantitative estimate of drug-likeness (QED) is 0.362. The number of hydrogen-bond acceptors (Lipinski definition) is 3. The van der Waals surface area contributed by atoms with E-state index in [1.165, 1.54) is 27.4 Å². The maximum Gasteiger partial charge on any atom is 0.0707 e. The van der Waals surface area contributed by atoms with Crippen molar-refractivity contribution in [3.63, 3.8) is 0 Å². The summed E-state index contributed by atoms with van der Waals surface area (Å²) in [6.45, 7) is 5.84. The Labute approximate surface area is 177 Å². The Balaban J connectivity index is 1.72. The van der Waals surface area contributed by atoms with Gasteiger partial charge in [-0.2, -0.15) is 5.10 Å². The number of nitrogens with zero attached hydrogens (tertiary/aromatic N) is 5. The summed E-state index contributed by atoms with van der Waals surface area (Å²) >= 11 is 3.72. The molecule has 6 heteroatoms. The summed E-state index contributed by atoms with van der Waals surface area (Å²) in [6, 6.07) is 10.5. The highest BCUT2D eigenvalue weighted by molar-refractivity contribution is 9.10. The molecule has 0 atom stereocenters. The molecule has 0 radical (unpaired) electrons. The summed E-state index contributed by atoms with van der Waals surface area (Å²) in [5.74, 6) is 0. The lowest BCUT2D eigenvalue weighted by molar-refractivity contribution is 0.685. The van der Waals surface area contributed by atoms with Gasteiger partial charge in [-0.05, 0) is 43.7 Å². The zero-order chi connectivity index (χ0) is 20.0. The Morgan fingerprint density at radius 2 is 1.93 bits per heavy atom. The maximum absolute atomic E-state index is 4.60. The Kier molecular flexibility index (Phi) is 4.43. The molecule has 0 aliphatic rings. The fourth-order valence-electron chi connectivity index (χ4n) is 4.13. The van der Waals surface area contributed by atoms with Gasteiger partial charge in [-0.15, -0.1) is 0 Å². The Morgan fingerprint density at radius 1 is 1.03 bits per heavy atom. The van der Waals surface area contributed by atoms with Gasteiger partial charge in [0, 0.05) is 57.7 Å². The van der Waals surface area contributed by atoms with Crippen LogP contribution in [0.3, 0.4) is 0 Å². The number of aryl methyl sites for hydroxylation is 2. The van der Waals surface area contributed by atoms with Crippen LogP contribution in [-0.2, 0) is 13.1 Å². The van der Waals surface area contributed by atoms with Crippen LogP contribution < -0.4 is 0 Å². The van der Waals surface area contributed by atoms with E-state index in [4.69, 9.17) is 0 Å². The van der Waals surface area contributed by atoms with E-state index in [-0.39, 0.29) is 0 Å². The number of hydrogen-bond donors (Lipinski definition) is 0. The average Bonchev–Trinajstić information content (AvgIpc) is 3.31. The van der Waals surface area contributed by atoms with E-state index >= 15 is 0 Å². The van der Waals surface area contributed by atoms with Crippen molar-refractivity contribution >= 4 is 37.7 Å². The second-order valence-corrected chi connectivity index (χ2v) is 8.09. The minimum Gasteiger partial charge on any atom is -0.339 e. The number of pyridine rings is 2. The van der Waals surface area contributed by atoms with Gasteiger partial charge in [-0.3, -0.25) is 14.6 Å². The summed E-state index contributed by atoms with van der Waals surface area (Å²) in [5, 5.41) is 7.07. The number of halogens is 1. The van der Waals surface area contributed by atoms with Crippen LogP contribution in [0.2, 0.25) is 0 Å². The molecule has 0 aliphatic heterocycles. The Bertz CT molecular complexity index is 1330. The molecule has 29 heavy (non-hydrogen) atoms. The maximum atomic E-state index is 4.60. The fourth-order valence-corrected chi connectivity index (χ4v) is 4.59. The van der Waals surface area contributed by atoms with Gasteiger partial charge in [-0.1, -0.05) is 22.0 Å². The van der Waals surface area contributed by atoms with Gasteiger partial charge in [0.25, 0.3) is 0 Å². The molecule has 0 aliphatic carbocycles. The Hall–Kier alpha value is -2.99. The van der Waals surface area contributed by atoms with Gasteiger partial charge >= 0.3 is 0 Å². The van der Waals surface area contributed by atoms with Crippen LogP contribution in [0.5, 0.6) is 0 Å². The smallest absolute Gasteiger partial charge is 0.0707 e. The molecule has 0 unspecified atom stereocenters. The van der Waals surface area contributed by atoms with Crippen molar-refractivity contribution in [2.45, 2.75) is 26.9 Å². The summed E-state index contributed by atoms with van der Waals surface area (Å²) in [6.07, 6.45) is 9.61. The van der Waals surface area contributed by atoms with Crippen molar-refractivity contribution in [1.29, 1.82) is 0 Å². The van der Waals surface area contributed by atoms with Crippen LogP contribution in [0.15, 0.2) is 65.8 Å². The van der Waals surface area contributed by atoms with Crippen LogP contribution in [0.4, 0.5) is 0 Å². The zero-order valence-electron chi connectivity index (χ0n) is 16.3. The average molecular weight is 446 g/mol. The molecule has 5 aromatic rings. The van der Waals surface area contributed by atoms with E-state index in [1.807, 2.05) is 29.3 Å². The molecule has 0 saturated carbocycles. The molecule has 5 rings (SSSR count). The molecule has 4 heterocycles. The van der Waals surface area contributed by atoms with E-state index in [2.05, 4.69) is 79.9 Å². The number of aromatic nitrogens is 5. The highest BCUT2D eigenvalue weighted by Gasteiger charge is 2.18. The van der Waals surface area contributed by atoms with Gasteiger partial charge in [0.15, 0.2) is 0 Å². The molecule has 144 valence electrons. The van der Waals surface area contributed by atoms with Crippen LogP contribution in [-0.4, -0.2) is 24.3 Å². The van der Waals surface area contributed by atoms with Crippen LogP contribution in [0, 0.1) is 6.92 Å². The second-order valence-electron chi connectivity index (χ2n) is 7.17. The monoisotopic (exact) mass is 445 g/mol. The van der Waals surface area contributed by atoms with Gasteiger partial charge in [0.2, 0.25) is 0 Å². The van der Waals surface area contributed by atoms with Crippen LogP contribution in [0.1, 0.15) is 18.2 Å². The summed E-state index contributed by atoms with van der Waals surface area (Å²) in [4.78, 5) is 8.73. The highest BCUT2D eigenvalue weighted by atomic mass is 79.9. The molecule has 0 amide bonds. The lowest BCUT2D eigenvalue weighted by atomic mass is 10.0. The fraction of sp³-hybridized carbons (Fsp3) is 0.174. The molecule has 0 spiro atoms. The highest BCUT2D eigenvalue weighted by Crippen LogP contribution is 2.38. The van der Waals surface area contributed by atoms with Crippen molar-refractivity contribution in [2.24, 2.45) is 0 Å². The third-order valence-electron chi connectivity index (χ3n) is 5.34. The topological polar surface area (TPSA) is 48.5 Å². The van der Waals surface area contributed by atoms with Crippen molar-refractivity contribution < 1.29 is 0 Å². The number of rotatable bonds is 4. The molecular formula is C23H20BrN5. The van der Waals surface area contributed by atoms with Gasteiger partial charge < -0.3 is 4.57 Å². The van der Waals surface area contributed by atoms with Crippen LogP contribution >= 0.6 is 15.9 Å². The number of fused-ring (bicyclic) bond motifs is 3. The predicted molar refractivity (Wildman–Crippen MR) is 120 cm³/mol. The minimum absolute atomic E-state index is 0.699. The molecule has 5 nitrogen and oxygen atoms in total. The first-order valence-electron chi connectivity index (χ1n) is 9.64. The normalized spacial score (nSPS) is 11.6. The van der Waals surface area contributed by atoms with Crippen molar-refractivity contribution in [2.75, 3.05) is 0 Å². The molecule has 0 saturated heterocycles. The van der Waals surface area contributed by atoms with Crippen LogP contribution in [0.25, 0.3) is 32.9 Å². The SMILES string of the molecule is CCn1c2c(-c3cnn(Cc4cccnc4)c3)cc(Br)cc2c2ccnc(C)c21. The largest absolute Gasteiger partial charge is 0.339 e. The third-order valence-corrected chi connectivity index (χ3v) is 5.80. The molecular weight excluding hydrogens is 426 g/mol. The third kappa shape index (κ3) is 3.04. The zero-order valence-corrected chi connectivity index (χ0v) is 17.9. The van der Waals surface area contributed by atoms with Crippen molar-refractivity contribution in [3.05, 3.63) is 77.0 Å². The van der Waals surface area contributed by atoms with Gasteiger partial charge in [-0.25, -0.2) is 0 Å². The van der Waals surface area contributed by atoms with Gasteiger partial charge in [0.05, 0.1) is 29.5 Å². The summed E-state index contributed by atoms with van der Waals surface area (Å²) in [7, 11) is 0. The van der Waals surface area contributed by atoms with Gasteiger partial charge in [0.1, 0.15) is 0 Å². The van der Waals surface area contributed by atoms with E-state index < -0.39 is 0 Å². The summed E-state index contributed by atoms with van der Waals surface area (Å²) < 4.78 is 5.39. The first-order chi connectivity index (χ1) is 14.2. The predicted octanol–water partition coefficient (Wildman–Crippen LogP) is 5.59. The van der Waals surface area contributed by atoms with E-state index in [9.17, 15) is 0 Å². The van der Waals surface area contributed by atoms with E-state index in [0.29, 0.717) is 6.54 Å².